The van der Waals surface area contributed by atoms with Crippen molar-refractivity contribution in [2.45, 2.75) is 38.1 Å². The zero-order valence-electron chi connectivity index (χ0n) is 9.72. The van der Waals surface area contributed by atoms with E-state index in [0.717, 1.165) is 6.07 Å². The minimum absolute atomic E-state index is 0.0105. The van der Waals surface area contributed by atoms with Gasteiger partial charge in [0.05, 0.1) is 0 Å². The van der Waals surface area contributed by atoms with Gasteiger partial charge in [0.1, 0.15) is 0 Å². The fraction of sp³-hybridized carbons (Fsp3) is 0.462. The van der Waals surface area contributed by atoms with Crippen LogP contribution in [0.15, 0.2) is 18.2 Å². The lowest BCUT2D eigenvalue weighted by Crippen LogP contribution is -2.43. The molecule has 0 aliphatic carbocycles. The second kappa shape index (κ2) is 4.43. The Morgan fingerprint density at radius 3 is 2.76 bits per heavy atom. The summed E-state index contributed by atoms with van der Waals surface area (Å²) >= 11 is 0. The van der Waals surface area contributed by atoms with Crippen LogP contribution in [0.3, 0.4) is 0 Å². The molecule has 1 atom stereocenters. The van der Waals surface area contributed by atoms with Crippen molar-refractivity contribution in [2.24, 2.45) is 0 Å². The first-order chi connectivity index (χ1) is 8.06. The zero-order valence-corrected chi connectivity index (χ0v) is 9.72. The number of carbonyl (C=O) groups excluding carboxylic acids is 1. The standard InChI is InChI=1S/C13H15F2NO/c1-2-13(7-6-11(17)16-13)8-9-4-3-5-10(14)12(9)15/h3-5H,2,6-8H2,1H3,(H,16,17). The Bertz CT molecular complexity index is 447. The molecule has 0 radical (unpaired) electrons. The summed E-state index contributed by atoms with van der Waals surface area (Å²) in [6, 6.07) is 4.17. The van der Waals surface area contributed by atoms with Crippen LogP contribution in [-0.2, 0) is 11.2 Å². The Hall–Kier alpha value is -1.45. The van der Waals surface area contributed by atoms with Crippen molar-refractivity contribution in [1.82, 2.24) is 5.32 Å². The lowest BCUT2D eigenvalue weighted by molar-refractivity contribution is -0.119. The molecule has 92 valence electrons. The highest BCUT2D eigenvalue weighted by atomic mass is 19.2. The van der Waals surface area contributed by atoms with Gasteiger partial charge in [-0.3, -0.25) is 4.79 Å². The normalized spacial score (nSPS) is 23.8. The van der Waals surface area contributed by atoms with Crippen LogP contribution in [0.2, 0.25) is 0 Å². The molecular formula is C13H15F2NO. The van der Waals surface area contributed by atoms with Gasteiger partial charge in [-0.1, -0.05) is 19.1 Å². The molecule has 2 nitrogen and oxygen atoms in total. The molecule has 17 heavy (non-hydrogen) atoms. The van der Waals surface area contributed by atoms with Crippen molar-refractivity contribution < 1.29 is 13.6 Å². The maximum atomic E-state index is 13.6. The summed E-state index contributed by atoms with van der Waals surface area (Å²) in [7, 11) is 0. The van der Waals surface area contributed by atoms with Gasteiger partial charge in [-0.2, -0.15) is 0 Å². The van der Waals surface area contributed by atoms with E-state index < -0.39 is 17.2 Å². The van der Waals surface area contributed by atoms with Gasteiger partial charge < -0.3 is 5.32 Å². The number of amides is 1. The van der Waals surface area contributed by atoms with Gasteiger partial charge in [-0.05, 0) is 30.9 Å². The minimum Gasteiger partial charge on any atom is -0.350 e. The molecular weight excluding hydrogens is 224 g/mol. The number of carbonyl (C=O) groups is 1. The van der Waals surface area contributed by atoms with E-state index in [-0.39, 0.29) is 5.91 Å². The highest BCUT2D eigenvalue weighted by molar-refractivity contribution is 5.79. The molecule has 1 aromatic rings. The minimum atomic E-state index is -0.835. The van der Waals surface area contributed by atoms with Crippen LogP contribution in [0.4, 0.5) is 8.78 Å². The Morgan fingerprint density at radius 2 is 2.18 bits per heavy atom. The van der Waals surface area contributed by atoms with Crippen molar-refractivity contribution in [3.63, 3.8) is 0 Å². The van der Waals surface area contributed by atoms with Gasteiger partial charge in [-0.25, -0.2) is 8.78 Å². The summed E-state index contributed by atoms with van der Waals surface area (Å²) in [6.45, 7) is 1.95. The summed E-state index contributed by atoms with van der Waals surface area (Å²) in [5.41, 5.74) is -0.0832. The summed E-state index contributed by atoms with van der Waals surface area (Å²) in [4.78, 5) is 11.3. The van der Waals surface area contributed by atoms with Crippen LogP contribution >= 0.6 is 0 Å². The molecule has 0 saturated carbocycles. The van der Waals surface area contributed by atoms with Crippen LogP contribution < -0.4 is 5.32 Å². The third kappa shape index (κ3) is 2.30. The van der Waals surface area contributed by atoms with Crippen LogP contribution in [0.1, 0.15) is 31.7 Å². The van der Waals surface area contributed by atoms with Crippen molar-refractivity contribution in [3.8, 4) is 0 Å². The lowest BCUT2D eigenvalue weighted by Gasteiger charge is -2.28. The molecule has 4 heteroatoms. The molecule has 1 amide bonds. The van der Waals surface area contributed by atoms with Crippen LogP contribution in [-0.4, -0.2) is 11.4 Å². The van der Waals surface area contributed by atoms with Gasteiger partial charge in [0.25, 0.3) is 0 Å². The molecule has 2 rings (SSSR count). The quantitative estimate of drug-likeness (QED) is 0.863. The number of benzene rings is 1. The van der Waals surface area contributed by atoms with E-state index in [4.69, 9.17) is 0 Å². The number of hydrogen-bond acceptors (Lipinski definition) is 1. The molecule has 1 aromatic carbocycles. The molecule has 1 saturated heterocycles. The van der Waals surface area contributed by atoms with Crippen molar-refractivity contribution >= 4 is 5.91 Å². The van der Waals surface area contributed by atoms with Gasteiger partial charge in [0.15, 0.2) is 11.6 Å². The van der Waals surface area contributed by atoms with E-state index in [1.165, 1.54) is 6.07 Å². The van der Waals surface area contributed by atoms with E-state index in [9.17, 15) is 13.6 Å². The summed E-state index contributed by atoms with van der Waals surface area (Å²) in [5.74, 6) is -1.65. The topological polar surface area (TPSA) is 29.1 Å². The number of hydrogen-bond donors (Lipinski definition) is 1. The zero-order chi connectivity index (χ0) is 12.5. The first kappa shape index (κ1) is 12.0. The first-order valence-electron chi connectivity index (χ1n) is 5.80. The van der Waals surface area contributed by atoms with Crippen LogP contribution in [0.5, 0.6) is 0 Å². The molecule has 1 aliphatic heterocycles. The second-order valence-corrected chi connectivity index (χ2v) is 4.57. The number of halogens is 2. The first-order valence-corrected chi connectivity index (χ1v) is 5.80. The molecule has 1 aliphatic rings. The number of nitrogens with one attached hydrogen (secondary N) is 1. The summed E-state index contributed by atoms with van der Waals surface area (Å²) < 4.78 is 26.7. The van der Waals surface area contributed by atoms with E-state index in [0.29, 0.717) is 31.2 Å². The lowest BCUT2D eigenvalue weighted by atomic mass is 9.86. The number of rotatable bonds is 3. The molecule has 0 aromatic heterocycles. The van der Waals surface area contributed by atoms with Gasteiger partial charge in [0, 0.05) is 12.0 Å². The SMILES string of the molecule is CCC1(Cc2cccc(F)c2F)CCC(=O)N1. The summed E-state index contributed by atoms with van der Waals surface area (Å²) in [5, 5.41) is 2.88. The van der Waals surface area contributed by atoms with Gasteiger partial charge in [-0.15, -0.1) is 0 Å². The van der Waals surface area contributed by atoms with Crippen molar-refractivity contribution in [3.05, 3.63) is 35.4 Å². The molecule has 0 spiro atoms. The largest absolute Gasteiger partial charge is 0.350 e. The van der Waals surface area contributed by atoms with E-state index in [1.54, 1.807) is 6.07 Å². The van der Waals surface area contributed by atoms with E-state index in [1.807, 2.05) is 6.92 Å². The van der Waals surface area contributed by atoms with Gasteiger partial charge >= 0.3 is 0 Å². The molecule has 1 fully saturated rings. The molecule has 1 unspecified atom stereocenters. The van der Waals surface area contributed by atoms with Crippen LogP contribution in [0.25, 0.3) is 0 Å². The Morgan fingerprint density at radius 1 is 1.41 bits per heavy atom. The molecule has 0 bridgehead atoms. The Labute approximate surface area is 99.0 Å². The molecule has 1 N–H and O–H groups in total. The Kier molecular flexibility index (Phi) is 3.13. The highest BCUT2D eigenvalue weighted by Gasteiger charge is 2.36. The van der Waals surface area contributed by atoms with E-state index in [2.05, 4.69) is 5.32 Å². The third-order valence-electron chi connectivity index (χ3n) is 3.47. The second-order valence-electron chi connectivity index (χ2n) is 4.57. The predicted molar refractivity (Wildman–Crippen MR) is 60.5 cm³/mol. The van der Waals surface area contributed by atoms with Crippen LogP contribution in [0, 0.1) is 11.6 Å². The van der Waals surface area contributed by atoms with E-state index >= 15 is 0 Å². The third-order valence-corrected chi connectivity index (χ3v) is 3.47. The average molecular weight is 239 g/mol. The Balaban J connectivity index is 2.25. The van der Waals surface area contributed by atoms with Gasteiger partial charge in [0.2, 0.25) is 5.91 Å². The van der Waals surface area contributed by atoms with Crippen molar-refractivity contribution in [2.75, 3.05) is 0 Å². The fourth-order valence-electron chi connectivity index (χ4n) is 2.35. The van der Waals surface area contributed by atoms with Crippen molar-refractivity contribution in [1.29, 1.82) is 0 Å². The highest BCUT2D eigenvalue weighted by Crippen LogP contribution is 2.29. The predicted octanol–water partition coefficient (Wildman–Crippen LogP) is 2.57. The summed E-state index contributed by atoms with van der Waals surface area (Å²) in [6.07, 6.45) is 2.20. The smallest absolute Gasteiger partial charge is 0.220 e. The monoisotopic (exact) mass is 239 g/mol. The average Bonchev–Trinajstić information content (AvgIpc) is 2.68. The molecule has 1 heterocycles. The maximum absolute atomic E-state index is 13.6. The maximum Gasteiger partial charge on any atom is 0.220 e. The fourth-order valence-corrected chi connectivity index (χ4v) is 2.35.